The summed E-state index contributed by atoms with van der Waals surface area (Å²) >= 11 is 6.56. The van der Waals surface area contributed by atoms with Crippen LogP contribution in [0.4, 0.5) is 14.5 Å². The van der Waals surface area contributed by atoms with Crippen LogP contribution in [0.3, 0.4) is 0 Å². The maximum absolute atomic E-state index is 14.1. The number of nitrogens with one attached hydrogen (secondary N) is 2. The highest BCUT2D eigenvalue weighted by Gasteiger charge is 2.27. The summed E-state index contributed by atoms with van der Waals surface area (Å²) in [5.41, 5.74) is 0.922. The Bertz CT molecular complexity index is 1270. The summed E-state index contributed by atoms with van der Waals surface area (Å²) in [6.45, 7) is 2.46. The summed E-state index contributed by atoms with van der Waals surface area (Å²) in [4.78, 5) is 11.0. The first kappa shape index (κ1) is 29.3. The number of nitro groups is 1. The number of nitrogens with zero attached hydrogens (tertiary/aromatic N) is 1. The first-order valence-electron chi connectivity index (χ1n) is 11.1. The van der Waals surface area contributed by atoms with Gasteiger partial charge in [-0.1, -0.05) is 44.0 Å². The summed E-state index contributed by atoms with van der Waals surface area (Å²) in [6.07, 6.45) is -0.705. The topological polar surface area (TPSA) is 103 Å². The lowest BCUT2D eigenvalue weighted by atomic mass is 10.0. The fourth-order valence-corrected chi connectivity index (χ4v) is 6.01. The standard InChI is InChI=1S/C24H24Br2F2N3O5P/c1-16(36-37(34,29-12-10-25)30-13-11-26)18-4-9-23(31(32)33)24(14-18)35-20-6-2-17(3-7-20)21-8-5-19(27)15-22(21)28/h2-9,14-16H,10-13H2,1H3,(H2,29,30,34). The number of alkyl halides is 2. The van der Waals surface area contributed by atoms with Crippen LogP contribution in [0.1, 0.15) is 18.6 Å². The second-order valence-corrected chi connectivity index (χ2v) is 11.3. The van der Waals surface area contributed by atoms with E-state index in [1.165, 1.54) is 36.4 Å². The lowest BCUT2D eigenvalue weighted by molar-refractivity contribution is -0.385. The lowest BCUT2D eigenvalue weighted by Crippen LogP contribution is -2.27. The molecule has 0 aliphatic carbocycles. The van der Waals surface area contributed by atoms with E-state index < -0.39 is 30.3 Å². The van der Waals surface area contributed by atoms with E-state index >= 15 is 0 Å². The molecule has 0 aromatic heterocycles. The van der Waals surface area contributed by atoms with Crippen LogP contribution in [0.25, 0.3) is 11.1 Å². The van der Waals surface area contributed by atoms with Gasteiger partial charge in [0.1, 0.15) is 17.4 Å². The van der Waals surface area contributed by atoms with Crippen LogP contribution in [0.5, 0.6) is 11.5 Å². The van der Waals surface area contributed by atoms with Crippen molar-refractivity contribution in [2.24, 2.45) is 0 Å². The van der Waals surface area contributed by atoms with E-state index in [1.807, 2.05) is 0 Å². The highest BCUT2D eigenvalue weighted by molar-refractivity contribution is 9.09. The van der Waals surface area contributed by atoms with Crippen LogP contribution in [0, 0.1) is 21.7 Å². The number of ether oxygens (including phenoxy) is 1. The quantitative estimate of drug-likeness (QED) is 0.0846. The number of halogens is 4. The minimum atomic E-state index is -3.42. The molecule has 0 aliphatic heterocycles. The van der Waals surface area contributed by atoms with E-state index in [4.69, 9.17) is 9.26 Å². The molecule has 0 fully saturated rings. The van der Waals surface area contributed by atoms with E-state index in [1.54, 1.807) is 19.1 Å². The molecule has 8 nitrogen and oxygen atoms in total. The zero-order valence-electron chi connectivity index (χ0n) is 19.6. The molecule has 3 aromatic rings. The average Bonchev–Trinajstić information content (AvgIpc) is 2.87. The molecule has 13 heteroatoms. The van der Waals surface area contributed by atoms with Crippen LogP contribution in [0.2, 0.25) is 0 Å². The molecule has 0 saturated carbocycles. The molecule has 1 unspecified atom stereocenters. The molecule has 3 rings (SSSR count). The second kappa shape index (κ2) is 13.5. The molecule has 3 aromatic carbocycles. The Balaban J connectivity index is 1.84. The summed E-state index contributed by atoms with van der Waals surface area (Å²) < 4.78 is 52.1. The molecule has 0 spiro atoms. The SMILES string of the molecule is CC(OP(=O)(NCCBr)NCCBr)c1ccc([N+](=O)[O-])c(Oc2ccc(-c3ccc(F)cc3F)cc2)c1. The normalized spacial score (nSPS) is 12.4. The predicted molar refractivity (Wildman–Crippen MR) is 146 cm³/mol. The Morgan fingerprint density at radius 3 is 2.22 bits per heavy atom. The van der Waals surface area contributed by atoms with Gasteiger partial charge >= 0.3 is 13.4 Å². The van der Waals surface area contributed by atoms with Gasteiger partial charge < -0.3 is 4.74 Å². The number of hydrogen-bond acceptors (Lipinski definition) is 5. The molecule has 0 saturated heterocycles. The highest BCUT2D eigenvalue weighted by atomic mass is 79.9. The van der Waals surface area contributed by atoms with Gasteiger partial charge in [-0.05, 0) is 54.4 Å². The van der Waals surface area contributed by atoms with E-state index in [0.29, 0.717) is 34.9 Å². The van der Waals surface area contributed by atoms with Crippen LogP contribution < -0.4 is 14.9 Å². The van der Waals surface area contributed by atoms with Crippen molar-refractivity contribution in [2.45, 2.75) is 13.0 Å². The molecule has 198 valence electrons. The predicted octanol–water partition coefficient (Wildman–Crippen LogP) is 7.49. The second-order valence-electron chi connectivity index (χ2n) is 7.73. The van der Waals surface area contributed by atoms with E-state index in [-0.39, 0.29) is 22.7 Å². The monoisotopic (exact) mass is 661 g/mol. The number of benzene rings is 3. The Hall–Kier alpha value is -2.21. The van der Waals surface area contributed by atoms with Crippen molar-refractivity contribution in [3.8, 4) is 22.6 Å². The molecule has 0 aliphatic rings. The molecule has 0 bridgehead atoms. The molecule has 0 heterocycles. The van der Waals surface area contributed by atoms with Crippen molar-refractivity contribution in [3.05, 3.63) is 88.0 Å². The molecule has 2 N–H and O–H groups in total. The van der Waals surface area contributed by atoms with Gasteiger partial charge in [0.25, 0.3) is 0 Å². The highest BCUT2D eigenvalue weighted by Crippen LogP contribution is 2.44. The molecule has 1 atom stereocenters. The van der Waals surface area contributed by atoms with Crippen molar-refractivity contribution in [1.29, 1.82) is 0 Å². The van der Waals surface area contributed by atoms with Crippen LogP contribution in [-0.2, 0) is 9.09 Å². The van der Waals surface area contributed by atoms with Gasteiger partial charge in [0.05, 0.1) is 11.0 Å². The molecule has 0 amide bonds. The largest absolute Gasteiger partial charge is 0.450 e. The van der Waals surface area contributed by atoms with E-state index in [2.05, 4.69) is 42.0 Å². The van der Waals surface area contributed by atoms with Crippen LogP contribution >= 0.6 is 39.5 Å². The third kappa shape index (κ3) is 8.13. The third-order valence-electron chi connectivity index (χ3n) is 5.11. The lowest BCUT2D eigenvalue weighted by Gasteiger charge is -2.24. The van der Waals surface area contributed by atoms with Crippen molar-refractivity contribution in [2.75, 3.05) is 23.7 Å². The van der Waals surface area contributed by atoms with E-state index in [0.717, 1.165) is 12.1 Å². The zero-order valence-corrected chi connectivity index (χ0v) is 23.7. The third-order valence-corrected chi connectivity index (χ3v) is 7.80. The maximum atomic E-state index is 14.1. The molecular weight excluding hydrogens is 639 g/mol. The first-order valence-corrected chi connectivity index (χ1v) is 14.9. The summed E-state index contributed by atoms with van der Waals surface area (Å²) in [5.74, 6) is -1.17. The van der Waals surface area contributed by atoms with Crippen molar-refractivity contribution < 1.29 is 27.5 Å². The summed E-state index contributed by atoms with van der Waals surface area (Å²) in [6, 6.07) is 13.7. The number of hydrogen-bond donors (Lipinski definition) is 2. The molecule has 37 heavy (non-hydrogen) atoms. The minimum Gasteiger partial charge on any atom is -0.450 e. The Labute approximate surface area is 229 Å². The summed E-state index contributed by atoms with van der Waals surface area (Å²) in [7, 11) is -3.42. The minimum absolute atomic E-state index is 0.0460. The number of nitro benzene ring substituents is 1. The van der Waals surface area contributed by atoms with Gasteiger partial charge in [-0.15, -0.1) is 0 Å². The average molecular weight is 663 g/mol. The van der Waals surface area contributed by atoms with E-state index in [9.17, 15) is 23.5 Å². The fourth-order valence-electron chi connectivity index (χ4n) is 3.36. The molecular formula is C24H24Br2F2N3O5P. The van der Waals surface area contributed by atoms with Crippen LogP contribution in [-0.4, -0.2) is 28.7 Å². The van der Waals surface area contributed by atoms with Gasteiger partial charge in [0.2, 0.25) is 5.75 Å². The molecule has 0 radical (unpaired) electrons. The van der Waals surface area contributed by atoms with Gasteiger partial charge in [-0.25, -0.2) is 19.0 Å². The Morgan fingerprint density at radius 1 is 1.00 bits per heavy atom. The van der Waals surface area contributed by atoms with Crippen molar-refractivity contribution >= 4 is 45.2 Å². The summed E-state index contributed by atoms with van der Waals surface area (Å²) in [5, 5.41) is 18.5. The smallest absolute Gasteiger partial charge is 0.341 e. The van der Waals surface area contributed by atoms with Crippen LogP contribution in [0.15, 0.2) is 60.7 Å². The van der Waals surface area contributed by atoms with Gasteiger partial charge in [0.15, 0.2) is 0 Å². The van der Waals surface area contributed by atoms with Crippen molar-refractivity contribution in [3.63, 3.8) is 0 Å². The van der Waals surface area contributed by atoms with Gasteiger partial charge in [-0.3, -0.25) is 19.2 Å². The fraction of sp³-hybridized carbons (Fsp3) is 0.250. The first-order chi connectivity index (χ1) is 17.7. The van der Waals surface area contributed by atoms with Crippen molar-refractivity contribution in [1.82, 2.24) is 10.2 Å². The van der Waals surface area contributed by atoms with Gasteiger partial charge in [-0.2, -0.15) is 0 Å². The Kier molecular flexibility index (Phi) is 10.7. The Morgan fingerprint density at radius 2 is 1.65 bits per heavy atom. The number of rotatable bonds is 13. The maximum Gasteiger partial charge on any atom is 0.341 e. The zero-order chi connectivity index (χ0) is 27.0. The van der Waals surface area contributed by atoms with Gasteiger partial charge in [0, 0.05) is 41.4 Å².